The molecule has 6 nitrogen and oxygen atoms in total. The van der Waals surface area contributed by atoms with Gasteiger partial charge in [-0.15, -0.1) is 0 Å². The molecule has 0 saturated heterocycles. The van der Waals surface area contributed by atoms with E-state index >= 15 is 0 Å². The van der Waals surface area contributed by atoms with Gasteiger partial charge in [0.15, 0.2) is 17.5 Å². The first-order valence-electron chi connectivity index (χ1n) is 11.1. The van der Waals surface area contributed by atoms with Crippen molar-refractivity contribution < 1.29 is 14.2 Å². The summed E-state index contributed by atoms with van der Waals surface area (Å²) in [4.78, 5) is 4.45. The van der Waals surface area contributed by atoms with Gasteiger partial charge in [-0.1, -0.05) is 37.0 Å². The largest absolute Gasteiger partial charge is 0.493 e. The fourth-order valence-electron chi connectivity index (χ4n) is 4.57. The minimum absolute atomic E-state index is 0.0820. The summed E-state index contributed by atoms with van der Waals surface area (Å²) in [5.41, 5.74) is 2.87. The highest BCUT2D eigenvalue weighted by atomic mass is 16.5. The first-order chi connectivity index (χ1) is 14.7. The summed E-state index contributed by atoms with van der Waals surface area (Å²) < 4.78 is 16.4. The summed E-state index contributed by atoms with van der Waals surface area (Å²) in [5.74, 6) is 2.44. The molecular formula is C24H37N3O3. The summed E-state index contributed by atoms with van der Waals surface area (Å²) in [6.07, 6.45) is 10.4. The highest BCUT2D eigenvalue weighted by Crippen LogP contribution is 2.42. The van der Waals surface area contributed by atoms with Gasteiger partial charge in [0.1, 0.15) is 0 Å². The number of aliphatic imine (C=N–C) groups is 1. The van der Waals surface area contributed by atoms with E-state index in [0.29, 0.717) is 0 Å². The first kappa shape index (κ1) is 22.5. The Kier molecular flexibility index (Phi) is 8.43. The maximum absolute atomic E-state index is 5.57. The number of guanidine groups is 1. The number of rotatable bonds is 8. The summed E-state index contributed by atoms with van der Waals surface area (Å²) in [6, 6.07) is 6.38. The van der Waals surface area contributed by atoms with Crippen LogP contribution in [0.15, 0.2) is 34.8 Å². The van der Waals surface area contributed by atoms with Crippen LogP contribution in [0.5, 0.6) is 11.5 Å². The first-order valence-corrected chi connectivity index (χ1v) is 11.1. The van der Waals surface area contributed by atoms with E-state index in [0.717, 1.165) is 56.6 Å². The van der Waals surface area contributed by atoms with Gasteiger partial charge in [-0.3, -0.25) is 4.99 Å². The second-order valence-electron chi connectivity index (χ2n) is 8.20. The van der Waals surface area contributed by atoms with Crippen molar-refractivity contribution in [2.45, 2.75) is 50.4 Å². The average Bonchev–Trinajstić information content (AvgIpc) is 2.82. The molecule has 3 rings (SSSR count). The molecule has 0 amide bonds. The molecule has 1 aliphatic heterocycles. The maximum atomic E-state index is 5.57. The molecular weight excluding hydrogens is 378 g/mol. The summed E-state index contributed by atoms with van der Waals surface area (Å²) in [5, 5.41) is 7.08. The number of hydrogen-bond acceptors (Lipinski definition) is 4. The Morgan fingerprint density at radius 2 is 1.90 bits per heavy atom. The Morgan fingerprint density at radius 3 is 2.57 bits per heavy atom. The smallest absolute Gasteiger partial charge is 0.191 e. The van der Waals surface area contributed by atoms with Crippen LogP contribution in [0.2, 0.25) is 0 Å². The zero-order valence-electron chi connectivity index (χ0n) is 18.8. The molecule has 166 valence electrons. The summed E-state index contributed by atoms with van der Waals surface area (Å²) in [7, 11) is 5.22. The zero-order chi connectivity index (χ0) is 21.2. The van der Waals surface area contributed by atoms with Crippen LogP contribution in [-0.4, -0.2) is 53.5 Å². The molecule has 1 aliphatic carbocycles. The fraction of sp³-hybridized carbons (Fsp3) is 0.625. The van der Waals surface area contributed by atoms with E-state index in [2.05, 4.69) is 33.8 Å². The molecule has 2 N–H and O–H groups in total. The Hall–Kier alpha value is -2.21. The number of nitrogens with zero attached hydrogens (tertiary/aromatic N) is 1. The van der Waals surface area contributed by atoms with Gasteiger partial charge in [0.2, 0.25) is 0 Å². The second kappa shape index (κ2) is 11.3. The zero-order valence-corrected chi connectivity index (χ0v) is 18.8. The van der Waals surface area contributed by atoms with E-state index in [1.807, 2.05) is 13.1 Å². The molecule has 1 heterocycles. The van der Waals surface area contributed by atoms with Crippen molar-refractivity contribution in [3.05, 3.63) is 35.4 Å². The van der Waals surface area contributed by atoms with Gasteiger partial charge < -0.3 is 24.8 Å². The lowest BCUT2D eigenvalue weighted by Crippen LogP contribution is -2.46. The van der Waals surface area contributed by atoms with Crippen LogP contribution < -0.4 is 20.1 Å². The topological polar surface area (TPSA) is 64.1 Å². The molecule has 2 aliphatic rings. The van der Waals surface area contributed by atoms with Gasteiger partial charge in [-0.05, 0) is 43.4 Å². The monoisotopic (exact) mass is 415 g/mol. The van der Waals surface area contributed by atoms with Crippen molar-refractivity contribution in [2.24, 2.45) is 4.99 Å². The van der Waals surface area contributed by atoms with Crippen LogP contribution in [0.25, 0.3) is 0 Å². The van der Waals surface area contributed by atoms with E-state index in [1.54, 1.807) is 14.2 Å². The molecule has 1 aromatic carbocycles. The Bertz CT molecular complexity index is 739. The lowest BCUT2D eigenvalue weighted by atomic mass is 9.69. The maximum Gasteiger partial charge on any atom is 0.191 e. The van der Waals surface area contributed by atoms with Crippen LogP contribution in [0.3, 0.4) is 0 Å². The van der Waals surface area contributed by atoms with Gasteiger partial charge >= 0.3 is 0 Å². The van der Waals surface area contributed by atoms with Gasteiger partial charge in [0.05, 0.1) is 27.4 Å². The molecule has 1 aromatic rings. The molecule has 1 fully saturated rings. The third-order valence-electron chi connectivity index (χ3n) is 6.42. The number of benzene rings is 1. The van der Waals surface area contributed by atoms with Crippen LogP contribution in [-0.2, 0) is 10.2 Å². The lowest BCUT2D eigenvalue weighted by Gasteiger charge is -2.38. The minimum atomic E-state index is 0.0820. The van der Waals surface area contributed by atoms with Gasteiger partial charge in [-0.2, -0.15) is 0 Å². The van der Waals surface area contributed by atoms with Crippen molar-refractivity contribution >= 4 is 5.96 Å². The van der Waals surface area contributed by atoms with E-state index in [9.17, 15) is 0 Å². The van der Waals surface area contributed by atoms with E-state index in [4.69, 9.17) is 14.2 Å². The molecule has 0 spiro atoms. The summed E-state index contributed by atoms with van der Waals surface area (Å²) >= 11 is 0. The Labute approximate surface area is 181 Å². The number of methoxy groups -OCH3 is 2. The molecule has 0 atom stereocenters. The average molecular weight is 416 g/mol. The summed E-state index contributed by atoms with van der Waals surface area (Å²) in [6.45, 7) is 3.33. The van der Waals surface area contributed by atoms with Crippen molar-refractivity contribution in [2.75, 3.05) is 47.6 Å². The van der Waals surface area contributed by atoms with Crippen LogP contribution in [0.1, 0.15) is 50.5 Å². The molecule has 0 radical (unpaired) electrons. The molecule has 0 bridgehead atoms. The third kappa shape index (κ3) is 5.69. The number of nitrogens with one attached hydrogen (secondary N) is 2. The molecule has 30 heavy (non-hydrogen) atoms. The lowest BCUT2D eigenvalue weighted by molar-refractivity contribution is 0.153. The Balaban J connectivity index is 1.64. The van der Waals surface area contributed by atoms with Crippen molar-refractivity contribution in [1.29, 1.82) is 0 Å². The third-order valence-corrected chi connectivity index (χ3v) is 6.42. The standard InChI is InChI=1S/C24H37N3O3/c1-25-23(26-14-9-19-10-15-30-16-11-19)27-18-24(12-5-4-6-13-24)20-7-8-21(28-2)22(17-20)29-3/h7-8,10,17H,4-6,9,11-16,18H2,1-3H3,(H2,25,26,27). The van der Waals surface area contributed by atoms with Crippen molar-refractivity contribution in [3.8, 4) is 11.5 Å². The van der Waals surface area contributed by atoms with Gasteiger partial charge in [-0.25, -0.2) is 0 Å². The normalized spacial score (nSPS) is 19.0. The van der Waals surface area contributed by atoms with Crippen LogP contribution in [0.4, 0.5) is 0 Å². The van der Waals surface area contributed by atoms with Gasteiger partial charge in [0.25, 0.3) is 0 Å². The number of ether oxygens (including phenoxy) is 3. The minimum Gasteiger partial charge on any atom is -0.493 e. The van der Waals surface area contributed by atoms with Crippen molar-refractivity contribution in [1.82, 2.24) is 10.6 Å². The highest BCUT2D eigenvalue weighted by Gasteiger charge is 2.34. The predicted molar refractivity (Wildman–Crippen MR) is 122 cm³/mol. The van der Waals surface area contributed by atoms with E-state index in [-0.39, 0.29) is 5.41 Å². The molecule has 0 aromatic heterocycles. The van der Waals surface area contributed by atoms with E-state index < -0.39 is 0 Å². The molecule has 1 saturated carbocycles. The second-order valence-corrected chi connectivity index (χ2v) is 8.20. The quantitative estimate of drug-likeness (QED) is 0.384. The Morgan fingerprint density at radius 1 is 1.10 bits per heavy atom. The number of hydrogen-bond donors (Lipinski definition) is 2. The van der Waals surface area contributed by atoms with Crippen LogP contribution >= 0.6 is 0 Å². The fourth-order valence-corrected chi connectivity index (χ4v) is 4.57. The van der Waals surface area contributed by atoms with E-state index in [1.165, 1.54) is 43.2 Å². The van der Waals surface area contributed by atoms with Gasteiger partial charge in [0, 0.05) is 25.6 Å². The highest BCUT2D eigenvalue weighted by molar-refractivity contribution is 5.79. The van der Waals surface area contributed by atoms with Crippen LogP contribution in [0, 0.1) is 0 Å². The van der Waals surface area contributed by atoms with Crippen molar-refractivity contribution in [3.63, 3.8) is 0 Å². The molecule has 0 unspecified atom stereocenters. The molecule has 6 heteroatoms. The predicted octanol–water partition coefficient (Wildman–Crippen LogP) is 3.81. The SMILES string of the molecule is CN=C(NCCC1=CCOCC1)NCC1(c2ccc(OC)c(OC)c2)CCCCC1.